The van der Waals surface area contributed by atoms with E-state index in [0.29, 0.717) is 17.6 Å². The molecular formula is C15H17FN2O. The van der Waals surface area contributed by atoms with E-state index in [1.54, 1.807) is 12.1 Å². The van der Waals surface area contributed by atoms with Gasteiger partial charge < -0.3 is 10.2 Å². The fourth-order valence-corrected chi connectivity index (χ4v) is 4.31. The predicted molar refractivity (Wildman–Crippen MR) is 70.2 cm³/mol. The minimum atomic E-state index is -0.320. The highest BCUT2D eigenvalue weighted by Gasteiger charge is 2.57. The Kier molecular flexibility index (Phi) is 2.34. The summed E-state index contributed by atoms with van der Waals surface area (Å²) in [5.74, 6) is 1.98. The van der Waals surface area contributed by atoms with Crippen molar-refractivity contribution in [3.05, 3.63) is 30.1 Å². The molecule has 4 atom stereocenters. The number of amides is 2. The summed E-state index contributed by atoms with van der Waals surface area (Å²) in [5.41, 5.74) is 0.539. The molecule has 4 rings (SSSR count). The zero-order valence-electron chi connectivity index (χ0n) is 10.7. The normalized spacial score (nSPS) is 34.9. The SMILES string of the molecule is O=C(Nc1cccc(F)c1)N1CC2C3CCC(C3)C21. The lowest BCUT2D eigenvalue weighted by molar-refractivity contribution is 0.0177. The van der Waals surface area contributed by atoms with E-state index in [2.05, 4.69) is 5.32 Å². The number of hydrogen-bond donors (Lipinski definition) is 1. The van der Waals surface area contributed by atoms with Crippen molar-refractivity contribution in [3.63, 3.8) is 0 Å². The van der Waals surface area contributed by atoms with Gasteiger partial charge in [0.2, 0.25) is 0 Å². The van der Waals surface area contributed by atoms with Gasteiger partial charge in [-0.15, -0.1) is 0 Å². The van der Waals surface area contributed by atoms with Crippen LogP contribution >= 0.6 is 0 Å². The lowest BCUT2D eigenvalue weighted by Crippen LogP contribution is -2.61. The third-order valence-electron chi connectivity index (χ3n) is 5.15. The standard InChI is InChI=1S/C15H17FN2O/c16-11-2-1-3-12(7-11)17-15(19)18-8-13-9-4-5-10(6-9)14(13)18/h1-3,7,9-10,13-14H,4-6,8H2,(H,17,19). The molecule has 1 N–H and O–H groups in total. The highest BCUT2D eigenvalue weighted by molar-refractivity contribution is 5.90. The Hall–Kier alpha value is -1.58. The van der Waals surface area contributed by atoms with Gasteiger partial charge in [-0.3, -0.25) is 0 Å². The monoisotopic (exact) mass is 260 g/mol. The van der Waals surface area contributed by atoms with E-state index in [-0.39, 0.29) is 11.8 Å². The van der Waals surface area contributed by atoms with Crippen LogP contribution in [0.5, 0.6) is 0 Å². The number of halogens is 1. The Morgan fingerprint density at radius 2 is 2.16 bits per heavy atom. The molecule has 1 saturated heterocycles. The summed E-state index contributed by atoms with van der Waals surface area (Å²) < 4.78 is 13.1. The van der Waals surface area contributed by atoms with Crippen molar-refractivity contribution in [3.8, 4) is 0 Å². The smallest absolute Gasteiger partial charge is 0.321 e. The van der Waals surface area contributed by atoms with Crippen LogP contribution in [-0.2, 0) is 0 Å². The van der Waals surface area contributed by atoms with E-state index in [1.807, 2.05) is 4.90 Å². The van der Waals surface area contributed by atoms with E-state index in [4.69, 9.17) is 0 Å². The molecule has 0 radical (unpaired) electrons. The second kappa shape index (κ2) is 3.95. The van der Waals surface area contributed by atoms with Crippen LogP contribution < -0.4 is 5.32 Å². The molecule has 2 aliphatic carbocycles. The van der Waals surface area contributed by atoms with Gasteiger partial charge in [0.25, 0.3) is 0 Å². The molecule has 1 aromatic carbocycles. The molecule has 19 heavy (non-hydrogen) atoms. The first kappa shape index (κ1) is 11.3. The van der Waals surface area contributed by atoms with Crippen LogP contribution in [0, 0.1) is 23.6 Å². The van der Waals surface area contributed by atoms with Crippen LogP contribution in [-0.4, -0.2) is 23.5 Å². The number of urea groups is 1. The average Bonchev–Trinajstić information content (AvgIpc) is 2.85. The van der Waals surface area contributed by atoms with Crippen molar-refractivity contribution in [2.24, 2.45) is 17.8 Å². The number of nitrogens with one attached hydrogen (secondary N) is 1. The molecule has 2 saturated carbocycles. The zero-order valence-corrected chi connectivity index (χ0v) is 10.7. The molecule has 1 aromatic rings. The molecule has 100 valence electrons. The summed E-state index contributed by atoms with van der Waals surface area (Å²) in [6, 6.07) is 6.45. The number of benzene rings is 1. The minimum absolute atomic E-state index is 0.0700. The van der Waals surface area contributed by atoms with Gasteiger partial charge in [-0.05, 0) is 49.3 Å². The molecule has 1 heterocycles. The van der Waals surface area contributed by atoms with Crippen molar-refractivity contribution in [1.29, 1.82) is 0 Å². The van der Waals surface area contributed by atoms with Gasteiger partial charge in [-0.25, -0.2) is 9.18 Å². The van der Waals surface area contributed by atoms with Crippen molar-refractivity contribution in [2.45, 2.75) is 25.3 Å². The van der Waals surface area contributed by atoms with Crippen molar-refractivity contribution >= 4 is 11.7 Å². The number of hydrogen-bond acceptors (Lipinski definition) is 1. The fraction of sp³-hybridized carbons (Fsp3) is 0.533. The number of fused-ring (bicyclic) bond motifs is 5. The second-order valence-electron chi connectivity index (χ2n) is 6.08. The van der Waals surface area contributed by atoms with Gasteiger partial charge in [0.05, 0.1) is 0 Å². The lowest BCUT2D eigenvalue weighted by Gasteiger charge is -2.50. The van der Waals surface area contributed by atoms with E-state index in [1.165, 1.54) is 31.4 Å². The number of carbonyl (C=O) groups is 1. The fourth-order valence-electron chi connectivity index (χ4n) is 4.31. The Bertz CT molecular complexity index is 531. The predicted octanol–water partition coefficient (Wildman–Crippen LogP) is 3.09. The minimum Gasteiger partial charge on any atom is -0.321 e. The number of rotatable bonds is 1. The third kappa shape index (κ3) is 1.66. The molecule has 3 fully saturated rings. The summed E-state index contributed by atoms with van der Waals surface area (Å²) in [4.78, 5) is 14.2. The van der Waals surface area contributed by atoms with Gasteiger partial charge >= 0.3 is 6.03 Å². The maximum atomic E-state index is 13.1. The Morgan fingerprint density at radius 3 is 2.95 bits per heavy atom. The quantitative estimate of drug-likeness (QED) is 0.826. The van der Waals surface area contributed by atoms with Gasteiger partial charge in [-0.2, -0.15) is 0 Å². The molecule has 3 nitrogen and oxygen atoms in total. The van der Waals surface area contributed by atoms with Crippen LogP contribution in [0.2, 0.25) is 0 Å². The molecule has 1 aliphatic heterocycles. The van der Waals surface area contributed by atoms with Gasteiger partial charge in [0.1, 0.15) is 5.82 Å². The highest BCUT2D eigenvalue weighted by atomic mass is 19.1. The molecule has 3 aliphatic rings. The van der Waals surface area contributed by atoms with Crippen molar-refractivity contribution in [1.82, 2.24) is 4.90 Å². The maximum absolute atomic E-state index is 13.1. The molecule has 4 unspecified atom stereocenters. The number of likely N-dealkylation sites (tertiary alicyclic amines) is 1. The summed E-state index contributed by atoms with van der Waals surface area (Å²) in [7, 11) is 0. The summed E-state index contributed by atoms with van der Waals surface area (Å²) in [5, 5.41) is 2.80. The highest BCUT2D eigenvalue weighted by Crippen LogP contribution is 2.55. The Labute approximate surface area is 111 Å². The summed E-state index contributed by atoms with van der Waals surface area (Å²) in [6.45, 7) is 0.882. The zero-order chi connectivity index (χ0) is 13.0. The van der Waals surface area contributed by atoms with Gasteiger partial charge in [0.15, 0.2) is 0 Å². The number of anilines is 1. The van der Waals surface area contributed by atoms with Gasteiger partial charge in [0, 0.05) is 24.2 Å². The largest absolute Gasteiger partial charge is 0.322 e. The summed E-state index contributed by atoms with van der Waals surface area (Å²) >= 11 is 0. The third-order valence-corrected chi connectivity index (χ3v) is 5.15. The molecule has 0 spiro atoms. The van der Waals surface area contributed by atoms with Crippen molar-refractivity contribution < 1.29 is 9.18 Å². The van der Waals surface area contributed by atoms with Crippen LogP contribution in [0.4, 0.5) is 14.9 Å². The van der Waals surface area contributed by atoms with Crippen LogP contribution in [0.15, 0.2) is 24.3 Å². The first-order chi connectivity index (χ1) is 9.22. The summed E-state index contributed by atoms with van der Waals surface area (Å²) in [6.07, 6.45) is 3.93. The van der Waals surface area contributed by atoms with E-state index in [0.717, 1.165) is 18.4 Å². The molecule has 2 bridgehead atoms. The van der Waals surface area contributed by atoms with Crippen LogP contribution in [0.25, 0.3) is 0 Å². The Balaban J connectivity index is 1.45. The van der Waals surface area contributed by atoms with Crippen molar-refractivity contribution in [2.75, 3.05) is 11.9 Å². The second-order valence-corrected chi connectivity index (χ2v) is 6.08. The average molecular weight is 260 g/mol. The lowest BCUT2D eigenvalue weighted by atomic mass is 9.77. The van der Waals surface area contributed by atoms with E-state index >= 15 is 0 Å². The molecule has 0 aromatic heterocycles. The van der Waals surface area contributed by atoms with E-state index < -0.39 is 0 Å². The first-order valence-electron chi connectivity index (χ1n) is 7.05. The Morgan fingerprint density at radius 1 is 1.32 bits per heavy atom. The topological polar surface area (TPSA) is 32.3 Å². The molecular weight excluding hydrogens is 243 g/mol. The van der Waals surface area contributed by atoms with Gasteiger partial charge in [-0.1, -0.05) is 6.07 Å². The molecule has 4 heteroatoms. The number of carbonyl (C=O) groups excluding carboxylic acids is 1. The molecule has 2 amide bonds. The van der Waals surface area contributed by atoms with Crippen LogP contribution in [0.3, 0.4) is 0 Å². The number of nitrogens with zero attached hydrogens (tertiary/aromatic N) is 1. The maximum Gasteiger partial charge on any atom is 0.322 e. The first-order valence-corrected chi connectivity index (χ1v) is 7.05. The van der Waals surface area contributed by atoms with Crippen LogP contribution in [0.1, 0.15) is 19.3 Å². The van der Waals surface area contributed by atoms with E-state index in [9.17, 15) is 9.18 Å².